The van der Waals surface area contributed by atoms with E-state index >= 15 is 0 Å². The Balaban J connectivity index is 1.24. The molecule has 1 amide bonds. The number of fused-ring (bicyclic) bond motifs is 2. The number of nitrogens with zero attached hydrogens (tertiary/aromatic N) is 1. The van der Waals surface area contributed by atoms with Crippen LogP contribution in [0, 0.1) is 5.82 Å². The predicted octanol–water partition coefficient (Wildman–Crippen LogP) is 3.90. The third kappa shape index (κ3) is 3.61. The van der Waals surface area contributed by atoms with Crippen molar-refractivity contribution >= 4 is 16.8 Å². The summed E-state index contributed by atoms with van der Waals surface area (Å²) in [4.78, 5) is 17.2. The van der Waals surface area contributed by atoms with Gasteiger partial charge in [0.2, 0.25) is 5.91 Å². The largest absolute Gasteiger partial charge is 0.373 e. The van der Waals surface area contributed by atoms with E-state index in [9.17, 15) is 9.18 Å². The lowest BCUT2D eigenvalue weighted by Gasteiger charge is -2.28. The lowest BCUT2D eigenvalue weighted by molar-refractivity contribution is 0.0307. The number of hydrogen-bond acceptors (Lipinski definition) is 3. The van der Waals surface area contributed by atoms with E-state index in [2.05, 4.69) is 9.88 Å². The molecule has 5 nitrogen and oxygen atoms in total. The molecule has 1 unspecified atom stereocenters. The lowest BCUT2D eigenvalue weighted by Crippen LogP contribution is -2.26. The van der Waals surface area contributed by atoms with Crippen LogP contribution in [0.25, 0.3) is 10.9 Å². The predicted molar refractivity (Wildman–Crippen MR) is 114 cm³/mol. The zero-order valence-corrected chi connectivity index (χ0v) is 16.9. The van der Waals surface area contributed by atoms with Gasteiger partial charge in [0.05, 0.1) is 12.7 Å². The maximum atomic E-state index is 13.5. The van der Waals surface area contributed by atoms with Crippen molar-refractivity contribution in [2.75, 3.05) is 26.2 Å². The summed E-state index contributed by atoms with van der Waals surface area (Å²) in [6.07, 6.45) is 4.95. The number of likely N-dealkylation sites (tertiary alicyclic amines) is 1. The second-order valence-corrected chi connectivity index (χ2v) is 8.40. The number of halogens is 1. The van der Waals surface area contributed by atoms with Gasteiger partial charge in [0.25, 0.3) is 0 Å². The first-order chi connectivity index (χ1) is 14.6. The minimum atomic E-state index is -0.385. The Labute approximate surface area is 175 Å². The number of rotatable bonds is 5. The van der Waals surface area contributed by atoms with Gasteiger partial charge in [0, 0.05) is 35.8 Å². The summed E-state index contributed by atoms with van der Waals surface area (Å²) in [5.74, 6) is -0.134. The van der Waals surface area contributed by atoms with Crippen molar-refractivity contribution in [2.45, 2.75) is 31.3 Å². The number of primary amides is 1. The van der Waals surface area contributed by atoms with Gasteiger partial charge in [-0.1, -0.05) is 6.07 Å². The molecule has 3 N–H and O–H groups in total. The maximum Gasteiger partial charge on any atom is 0.248 e. The van der Waals surface area contributed by atoms with Gasteiger partial charge in [0.1, 0.15) is 5.82 Å². The van der Waals surface area contributed by atoms with Crippen LogP contribution in [-0.2, 0) is 11.2 Å². The molecule has 3 heterocycles. The molecule has 0 radical (unpaired) electrons. The van der Waals surface area contributed by atoms with Crippen LogP contribution in [-0.4, -0.2) is 42.0 Å². The van der Waals surface area contributed by atoms with Gasteiger partial charge in [-0.15, -0.1) is 0 Å². The summed E-state index contributed by atoms with van der Waals surface area (Å²) in [6, 6.07) is 10.7. The van der Waals surface area contributed by atoms with E-state index in [1.807, 2.05) is 24.4 Å². The van der Waals surface area contributed by atoms with Gasteiger partial charge in [-0.2, -0.15) is 0 Å². The summed E-state index contributed by atoms with van der Waals surface area (Å²) >= 11 is 0. The summed E-state index contributed by atoms with van der Waals surface area (Å²) in [7, 11) is 0. The van der Waals surface area contributed by atoms with Crippen LogP contribution < -0.4 is 5.73 Å². The van der Waals surface area contributed by atoms with Gasteiger partial charge < -0.3 is 20.4 Å². The Morgan fingerprint density at radius 1 is 1.23 bits per heavy atom. The molecule has 0 spiro atoms. The van der Waals surface area contributed by atoms with Gasteiger partial charge in [-0.05, 0) is 78.7 Å². The Morgan fingerprint density at radius 2 is 2.13 bits per heavy atom. The third-order valence-electron chi connectivity index (χ3n) is 6.56. The number of ether oxygens (including phenoxy) is 1. The lowest BCUT2D eigenvalue weighted by atomic mass is 9.93. The van der Waals surface area contributed by atoms with Crippen LogP contribution in [0.2, 0.25) is 0 Å². The highest BCUT2D eigenvalue weighted by molar-refractivity contribution is 5.93. The number of carbonyl (C=O) groups is 1. The van der Waals surface area contributed by atoms with Crippen LogP contribution >= 0.6 is 0 Å². The SMILES string of the molecule is NC(=O)c1ccc2c(c1)CCOC2CCN1CC[C@H](c2c[nH]c3cc(F)ccc23)C1. The number of nitrogens with two attached hydrogens (primary N) is 1. The minimum Gasteiger partial charge on any atom is -0.373 e. The van der Waals surface area contributed by atoms with Crippen LogP contribution in [0.3, 0.4) is 0 Å². The van der Waals surface area contributed by atoms with Crippen molar-refractivity contribution in [3.05, 3.63) is 70.7 Å². The van der Waals surface area contributed by atoms with E-state index in [1.54, 1.807) is 12.1 Å². The number of amides is 1. The molecule has 3 aromatic rings. The minimum absolute atomic E-state index is 0.0609. The Morgan fingerprint density at radius 3 is 3.00 bits per heavy atom. The second-order valence-electron chi connectivity index (χ2n) is 8.40. The van der Waals surface area contributed by atoms with Crippen molar-refractivity contribution < 1.29 is 13.9 Å². The van der Waals surface area contributed by atoms with Gasteiger partial charge in [-0.3, -0.25) is 4.79 Å². The van der Waals surface area contributed by atoms with Crippen LogP contribution in [0.4, 0.5) is 4.39 Å². The molecular weight excluding hydrogens is 381 g/mol. The average molecular weight is 407 g/mol. The molecule has 30 heavy (non-hydrogen) atoms. The number of hydrogen-bond donors (Lipinski definition) is 2. The molecule has 1 saturated heterocycles. The first-order valence-electron chi connectivity index (χ1n) is 10.6. The number of aromatic amines is 1. The number of aromatic nitrogens is 1. The average Bonchev–Trinajstić information content (AvgIpc) is 3.38. The van der Waals surface area contributed by atoms with Crippen molar-refractivity contribution in [1.29, 1.82) is 0 Å². The Kier molecular flexibility index (Phi) is 5.05. The van der Waals surface area contributed by atoms with Crippen LogP contribution in [0.15, 0.2) is 42.6 Å². The first kappa shape index (κ1) is 19.3. The fraction of sp³-hybridized carbons (Fsp3) is 0.375. The zero-order chi connectivity index (χ0) is 20.7. The zero-order valence-electron chi connectivity index (χ0n) is 16.9. The fourth-order valence-electron chi connectivity index (χ4n) is 4.98. The number of carbonyl (C=O) groups excluding carboxylic acids is 1. The van der Waals surface area contributed by atoms with E-state index in [0.717, 1.165) is 49.8 Å². The Hall–Kier alpha value is -2.70. The van der Waals surface area contributed by atoms with Gasteiger partial charge >= 0.3 is 0 Å². The maximum absolute atomic E-state index is 13.5. The molecule has 1 aromatic heterocycles. The summed E-state index contributed by atoms with van der Waals surface area (Å²) in [5.41, 5.74) is 10.5. The van der Waals surface area contributed by atoms with Crippen molar-refractivity contribution in [3.8, 4) is 0 Å². The van der Waals surface area contributed by atoms with Crippen LogP contribution in [0.5, 0.6) is 0 Å². The molecule has 156 valence electrons. The smallest absolute Gasteiger partial charge is 0.248 e. The van der Waals surface area contributed by atoms with Gasteiger partial charge in [-0.25, -0.2) is 4.39 Å². The van der Waals surface area contributed by atoms with Crippen LogP contribution in [0.1, 0.15) is 51.9 Å². The third-order valence-corrected chi connectivity index (χ3v) is 6.56. The van der Waals surface area contributed by atoms with E-state index in [1.165, 1.54) is 22.8 Å². The molecule has 0 aliphatic carbocycles. The summed E-state index contributed by atoms with van der Waals surface area (Å²) in [5, 5.41) is 1.12. The van der Waals surface area contributed by atoms with Crippen molar-refractivity contribution in [2.24, 2.45) is 5.73 Å². The van der Waals surface area contributed by atoms with Crippen molar-refractivity contribution in [3.63, 3.8) is 0 Å². The standard InChI is InChI=1S/C24H26FN3O2/c25-18-2-4-20-21(13-27-22(20)12-18)17-5-8-28(14-17)9-6-23-19-3-1-16(24(26)29)11-15(19)7-10-30-23/h1-4,11-13,17,23,27H,5-10,14H2,(H2,26,29)/t17-,23?/m0/s1. The molecular formula is C24H26FN3O2. The normalized spacial score (nSPS) is 21.8. The first-order valence-corrected chi connectivity index (χ1v) is 10.6. The second kappa shape index (κ2) is 7.85. The van der Waals surface area contributed by atoms with E-state index in [-0.39, 0.29) is 17.8 Å². The van der Waals surface area contributed by atoms with Crippen molar-refractivity contribution in [1.82, 2.24) is 9.88 Å². The van der Waals surface area contributed by atoms with Gasteiger partial charge in [0.15, 0.2) is 0 Å². The molecule has 0 bridgehead atoms. The number of H-pyrrole nitrogens is 1. The molecule has 6 heteroatoms. The molecule has 1 fully saturated rings. The van der Waals surface area contributed by atoms with E-state index in [4.69, 9.17) is 10.5 Å². The molecule has 2 atom stereocenters. The molecule has 0 saturated carbocycles. The molecule has 2 aromatic carbocycles. The molecule has 2 aliphatic rings. The summed E-state index contributed by atoms with van der Waals surface area (Å²) in [6.45, 7) is 3.70. The monoisotopic (exact) mass is 407 g/mol. The van der Waals surface area contributed by atoms with E-state index < -0.39 is 0 Å². The highest BCUT2D eigenvalue weighted by atomic mass is 19.1. The Bertz CT molecular complexity index is 1090. The summed E-state index contributed by atoms with van der Waals surface area (Å²) < 4.78 is 19.5. The van der Waals surface area contributed by atoms with E-state index in [0.29, 0.717) is 18.1 Å². The number of nitrogens with one attached hydrogen (secondary N) is 1. The quantitative estimate of drug-likeness (QED) is 0.674. The fourth-order valence-corrected chi connectivity index (χ4v) is 4.98. The molecule has 5 rings (SSSR count). The topological polar surface area (TPSA) is 71.4 Å². The highest BCUT2D eigenvalue weighted by Gasteiger charge is 2.28. The molecule has 2 aliphatic heterocycles. The highest BCUT2D eigenvalue weighted by Crippen LogP contribution is 2.35. The number of benzene rings is 2.